The first-order chi connectivity index (χ1) is 11.1. The number of carbonyl (C=O) groups is 1. The molecule has 0 aliphatic heterocycles. The topological polar surface area (TPSA) is 69.7 Å². The van der Waals surface area contributed by atoms with Crippen LogP contribution < -0.4 is 10.2 Å². The summed E-state index contributed by atoms with van der Waals surface area (Å²) in [6.45, 7) is 3.74. The molecule has 5 nitrogen and oxygen atoms in total. The monoisotopic (exact) mass is 312 g/mol. The zero-order valence-electron chi connectivity index (χ0n) is 12.9. The zero-order chi connectivity index (χ0) is 16.4. The van der Waals surface area contributed by atoms with Crippen LogP contribution in [0.4, 0.5) is 0 Å². The van der Waals surface area contributed by atoms with Gasteiger partial charge in [0.1, 0.15) is 5.58 Å². The van der Waals surface area contributed by atoms with Crippen LogP contribution in [0.5, 0.6) is 5.75 Å². The number of benzene rings is 1. The number of rotatable bonds is 4. The molecule has 0 saturated heterocycles. The molecule has 0 bridgehead atoms. The molecule has 5 heteroatoms. The molecule has 0 fully saturated rings. The second-order valence-corrected chi connectivity index (χ2v) is 5.29. The molecule has 0 radical (unpaired) electrons. The Hall–Kier alpha value is -2.82. The number of aryl methyl sites for hydroxylation is 1. The Labute approximate surface area is 132 Å². The van der Waals surface area contributed by atoms with E-state index in [0.717, 1.165) is 5.56 Å². The first kappa shape index (κ1) is 15.1. The Kier molecular flexibility index (Phi) is 4.02. The molecule has 2 aromatic heterocycles. The molecule has 118 valence electrons. The zero-order valence-corrected chi connectivity index (χ0v) is 12.9. The first-order valence-corrected chi connectivity index (χ1v) is 7.42. The van der Waals surface area contributed by atoms with Gasteiger partial charge in [-0.1, -0.05) is 18.6 Å². The van der Waals surface area contributed by atoms with E-state index in [2.05, 4.69) is 0 Å². The van der Waals surface area contributed by atoms with Crippen LogP contribution in [0.1, 0.15) is 25.3 Å². The quantitative estimate of drug-likeness (QED) is 0.679. The highest BCUT2D eigenvalue weighted by Crippen LogP contribution is 2.31. The third-order valence-electron chi connectivity index (χ3n) is 3.42. The van der Waals surface area contributed by atoms with Gasteiger partial charge in [0.05, 0.1) is 11.6 Å². The minimum absolute atomic E-state index is 0.126. The predicted molar refractivity (Wildman–Crippen MR) is 85.5 cm³/mol. The first-order valence-electron chi connectivity index (χ1n) is 7.42. The summed E-state index contributed by atoms with van der Waals surface area (Å²) < 4.78 is 16.4. The van der Waals surface area contributed by atoms with Gasteiger partial charge in [-0.3, -0.25) is 9.59 Å². The summed E-state index contributed by atoms with van der Waals surface area (Å²) in [5, 5.41) is 0.375. The highest BCUT2D eigenvalue weighted by atomic mass is 16.5. The van der Waals surface area contributed by atoms with Crippen LogP contribution in [0.3, 0.4) is 0 Å². The summed E-state index contributed by atoms with van der Waals surface area (Å²) in [6.07, 6.45) is 2.32. The lowest BCUT2D eigenvalue weighted by Crippen LogP contribution is -2.15. The van der Waals surface area contributed by atoms with E-state index >= 15 is 0 Å². The molecule has 0 unspecified atom stereocenters. The molecule has 0 saturated carbocycles. The smallest absolute Gasteiger partial charge is 0.311 e. The molecule has 1 aromatic carbocycles. The SMILES string of the molecule is CCCC(=O)Oc1c(-c2ccco2)oc2ccc(C)cc2c1=O. The van der Waals surface area contributed by atoms with Gasteiger partial charge in [0, 0.05) is 6.42 Å². The van der Waals surface area contributed by atoms with E-state index in [0.29, 0.717) is 23.2 Å². The maximum absolute atomic E-state index is 12.8. The van der Waals surface area contributed by atoms with Crippen molar-refractivity contribution in [3.05, 3.63) is 52.4 Å². The second-order valence-electron chi connectivity index (χ2n) is 5.29. The maximum atomic E-state index is 12.8. The number of furan rings is 1. The third kappa shape index (κ3) is 2.90. The predicted octanol–water partition coefficient (Wildman–Crippen LogP) is 4.07. The summed E-state index contributed by atoms with van der Waals surface area (Å²) in [7, 11) is 0. The standard InChI is InChI=1S/C18H16O5/c1-3-5-15(19)23-18-16(20)12-10-11(2)7-8-13(12)22-17(18)14-6-4-9-21-14/h4,6-10H,3,5H2,1-2H3. The summed E-state index contributed by atoms with van der Waals surface area (Å²) in [5.41, 5.74) is 0.953. The van der Waals surface area contributed by atoms with Crippen molar-refractivity contribution in [3.63, 3.8) is 0 Å². The van der Waals surface area contributed by atoms with Gasteiger partial charge in [0.25, 0.3) is 0 Å². The fraction of sp³-hybridized carbons (Fsp3) is 0.222. The van der Waals surface area contributed by atoms with E-state index < -0.39 is 5.97 Å². The third-order valence-corrected chi connectivity index (χ3v) is 3.42. The van der Waals surface area contributed by atoms with Crippen LogP contribution in [-0.4, -0.2) is 5.97 Å². The van der Waals surface area contributed by atoms with Gasteiger partial charge < -0.3 is 13.6 Å². The molecule has 0 spiro atoms. The van der Waals surface area contributed by atoms with Crippen molar-refractivity contribution in [1.29, 1.82) is 0 Å². The normalized spacial score (nSPS) is 10.9. The highest BCUT2D eigenvalue weighted by Gasteiger charge is 2.21. The average molecular weight is 312 g/mol. The molecule has 2 heterocycles. The molecule has 3 aromatic rings. The lowest BCUT2D eigenvalue weighted by atomic mass is 10.1. The molecular weight excluding hydrogens is 296 g/mol. The fourth-order valence-corrected chi connectivity index (χ4v) is 2.32. The summed E-state index contributed by atoms with van der Waals surface area (Å²) in [5.74, 6) is -0.138. The van der Waals surface area contributed by atoms with Gasteiger partial charge in [0.2, 0.25) is 16.9 Å². The van der Waals surface area contributed by atoms with Crippen molar-refractivity contribution in [2.45, 2.75) is 26.7 Å². The lowest BCUT2D eigenvalue weighted by molar-refractivity contribution is -0.134. The van der Waals surface area contributed by atoms with Crippen LogP contribution in [-0.2, 0) is 4.79 Å². The van der Waals surface area contributed by atoms with Crippen LogP contribution in [0, 0.1) is 6.92 Å². The van der Waals surface area contributed by atoms with Crippen molar-refractivity contribution >= 4 is 16.9 Å². The van der Waals surface area contributed by atoms with Crippen LogP contribution >= 0.6 is 0 Å². The van der Waals surface area contributed by atoms with Crippen molar-refractivity contribution in [2.24, 2.45) is 0 Å². The summed E-state index contributed by atoms with van der Waals surface area (Å²) in [6, 6.07) is 8.60. The van der Waals surface area contributed by atoms with Gasteiger partial charge >= 0.3 is 5.97 Å². The molecular formula is C18H16O5. The number of hydrogen-bond donors (Lipinski definition) is 0. The van der Waals surface area contributed by atoms with E-state index in [-0.39, 0.29) is 23.4 Å². The maximum Gasteiger partial charge on any atom is 0.311 e. The van der Waals surface area contributed by atoms with Crippen LogP contribution in [0.2, 0.25) is 0 Å². The van der Waals surface area contributed by atoms with Crippen LogP contribution in [0.15, 0.2) is 50.2 Å². The van der Waals surface area contributed by atoms with E-state index in [1.54, 1.807) is 24.3 Å². The second kappa shape index (κ2) is 6.12. The van der Waals surface area contributed by atoms with Crippen molar-refractivity contribution < 1.29 is 18.4 Å². The lowest BCUT2D eigenvalue weighted by Gasteiger charge is -2.09. The Morgan fingerprint density at radius 1 is 1.26 bits per heavy atom. The number of ether oxygens (including phenoxy) is 1. The molecule has 23 heavy (non-hydrogen) atoms. The number of hydrogen-bond acceptors (Lipinski definition) is 5. The molecule has 0 aliphatic carbocycles. The minimum Gasteiger partial charge on any atom is -0.461 e. The number of esters is 1. The van der Waals surface area contributed by atoms with E-state index in [1.807, 2.05) is 19.9 Å². The summed E-state index contributed by atoms with van der Waals surface area (Å²) in [4.78, 5) is 24.6. The van der Waals surface area contributed by atoms with E-state index in [9.17, 15) is 9.59 Å². The van der Waals surface area contributed by atoms with Crippen molar-refractivity contribution in [2.75, 3.05) is 0 Å². The largest absolute Gasteiger partial charge is 0.461 e. The molecule has 0 N–H and O–H groups in total. The van der Waals surface area contributed by atoms with Gasteiger partial charge in [-0.2, -0.15) is 0 Å². The van der Waals surface area contributed by atoms with Gasteiger partial charge in [0.15, 0.2) is 5.76 Å². The van der Waals surface area contributed by atoms with Gasteiger partial charge in [-0.25, -0.2) is 0 Å². The van der Waals surface area contributed by atoms with Gasteiger partial charge in [-0.15, -0.1) is 0 Å². The Balaban J connectivity index is 2.24. The number of fused-ring (bicyclic) bond motifs is 1. The molecule has 3 rings (SSSR count). The Morgan fingerprint density at radius 3 is 2.78 bits per heavy atom. The Morgan fingerprint density at radius 2 is 2.09 bits per heavy atom. The number of carbonyl (C=O) groups excluding carboxylic acids is 1. The Bertz CT molecular complexity index is 903. The fourth-order valence-electron chi connectivity index (χ4n) is 2.32. The molecule has 0 amide bonds. The van der Waals surface area contributed by atoms with Crippen molar-refractivity contribution in [3.8, 4) is 17.3 Å². The molecule has 0 aliphatic rings. The van der Waals surface area contributed by atoms with E-state index in [4.69, 9.17) is 13.6 Å². The highest BCUT2D eigenvalue weighted by molar-refractivity contribution is 5.84. The van der Waals surface area contributed by atoms with Crippen LogP contribution in [0.25, 0.3) is 22.5 Å². The average Bonchev–Trinajstić information content (AvgIpc) is 3.05. The molecule has 0 atom stereocenters. The van der Waals surface area contributed by atoms with E-state index in [1.165, 1.54) is 6.26 Å². The summed E-state index contributed by atoms with van der Waals surface area (Å²) >= 11 is 0. The van der Waals surface area contributed by atoms with Gasteiger partial charge in [-0.05, 0) is 37.6 Å². The van der Waals surface area contributed by atoms with Crippen molar-refractivity contribution in [1.82, 2.24) is 0 Å². The minimum atomic E-state index is -0.473.